The monoisotopic (exact) mass is 504 g/mol. The smallest absolute Gasteiger partial charge is 0.454 e. The van der Waals surface area contributed by atoms with Gasteiger partial charge in [0, 0.05) is 0 Å². The van der Waals surface area contributed by atoms with Crippen LogP contribution in [0.1, 0.15) is 80.1 Å². The number of hydrogen-bond acceptors (Lipinski definition) is 6. The molecule has 0 amide bonds. The van der Waals surface area contributed by atoms with Crippen LogP contribution in [0.4, 0.5) is 0 Å². The van der Waals surface area contributed by atoms with Crippen molar-refractivity contribution in [2.75, 3.05) is 6.61 Å². The van der Waals surface area contributed by atoms with Gasteiger partial charge in [0.05, 0.1) is 36.9 Å². The molecule has 0 unspecified atom stereocenters. The average Bonchev–Trinajstić information content (AvgIpc) is 3.35. The van der Waals surface area contributed by atoms with Crippen molar-refractivity contribution in [2.24, 2.45) is 58.2 Å². The normalized spacial score (nSPS) is 50.7. The van der Waals surface area contributed by atoms with Gasteiger partial charge in [-0.05, 0) is 97.6 Å². The predicted octanol–water partition coefficient (Wildman–Crippen LogP) is 4.57. The van der Waals surface area contributed by atoms with E-state index >= 15 is 0 Å². The maximum absolute atomic E-state index is 13.1. The summed E-state index contributed by atoms with van der Waals surface area (Å²) in [6, 6.07) is 0. The summed E-state index contributed by atoms with van der Waals surface area (Å²) in [5, 5.41) is 21.0. The van der Waals surface area contributed by atoms with Gasteiger partial charge in [-0.1, -0.05) is 41.5 Å². The van der Waals surface area contributed by atoms with Gasteiger partial charge >= 0.3 is 13.1 Å². The van der Waals surface area contributed by atoms with E-state index in [2.05, 4.69) is 41.5 Å². The molecule has 2 heterocycles. The van der Waals surface area contributed by atoms with E-state index in [0.29, 0.717) is 60.9 Å². The molecule has 5 rings (SSSR count). The van der Waals surface area contributed by atoms with E-state index in [9.17, 15) is 15.0 Å². The molecule has 5 aliphatic rings. The highest BCUT2D eigenvalue weighted by atomic mass is 16.7. The van der Waals surface area contributed by atoms with Gasteiger partial charge in [-0.2, -0.15) is 0 Å². The van der Waals surface area contributed by atoms with Crippen LogP contribution in [0.15, 0.2) is 0 Å². The lowest BCUT2D eigenvalue weighted by Gasteiger charge is -2.56. The SMILES string of the molecule is CB1O[C@H]([C@@H](C)[C@H]2CC[C@H]3[C@@H]4COC(=O)[C@H]5C[C@H](O)[C@H](O)C[C@]5(C)[C@H]4CC[C@]23C)[C@@H]([C@H](C)C(C)C)O1. The van der Waals surface area contributed by atoms with Gasteiger partial charge in [-0.3, -0.25) is 4.79 Å². The molecular formula is C29H49BO6. The lowest BCUT2D eigenvalue weighted by Crippen LogP contribution is -2.55. The van der Waals surface area contributed by atoms with Gasteiger partial charge in [0.1, 0.15) is 0 Å². The molecule has 13 atom stereocenters. The summed E-state index contributed by atoms with van der Waals surface area (Å²) in [5.74, 6) is 2.58. The minimum atomic E-state index is -0.838. The standard InChI is InChI=1S/C29H49BO6/c1-15(2)16(3)25-26(36-30(7)35-25)17(4)19-8-9-20-18-14-34-27(33)22-12-23(31)24(32)13-29(22,6)21(18)10-11-28(19,20)5/h15-26,31-32H,8-14H2,1-7H3/t16-,17+,18+,19-,20+,21+,22-,23+,24-,25-,26-,28-,29-/m1/s1. The van der Waals surface area contributed by atoms with Crippen molar-refractivity contribution in [3.05, 3.63) is 0 Å². The van der Waals surface area contributed by atoms with Crippen LogP contribution in [0.3, 0.4) is 0 Å². The Balaban J connectivity index is 1.40. The van der Waals surface area contributed by atoms with Crippen molar-refractivity contribution in [3.63, 3.8) is 0 Å². The second-order valence-electron chi connectivity index (χ2n) is 14.1. The molecule has 0 aromatic rings. The highest BCUT2D eigenvalue weighted by molar-refractivity contribution is 6.43. The first-order valence-electron chi connectivity index (χ1n) is 14.7. The first-order chi connectivity index (χ1) is 16.9. The van der Waals surface area contributed by atoms with Crippen molar-refractivity contribution in [3.8, 4) is 0 Å². The molecule has 0 bridgehead atoms. The maximum atomic E-state index is 13.1. The van der Waals surface area contributed by atoms with Crippen LogP contribution in [-0.2, 0) is 18.8 Å². The van der Waals surface area contributed by atoms with Crippen molar-refractivity contribution in [1.29, 1.82) is 0 Å². The van der Waals surface area contributed by atoms with Crippen molar-refractivity contribution in [1.82, 2.24) is 0 Å². The van der Waals surface area contributed by atoms with Gasteiger partial charge in [-0.25, -0.2) is 0 Å². The number of hydrogen-bond donors (Lipinski definition) is 2. The summed E-state index contributed by atoms with van der Waals surface area (Å²) in [7, 11) is -0.157. The summed E-state index contributed by atoms with van der Waals surface area (Å²) < 4.78 is 18.7. The van der Waals surface area contributed by atoms with E-state index in [-0.39, 0.29) is 42.0 Å². The summed E-state index contributed by atoms with van der Waals surface area (Å²) in [4.78, 5) is 13.1. The molecule has 7 heteroatoms. The molecular weight excluding hydrogens is 455 g/mol. The van der Waals surface area contributed by atoms with Crippen LogP contribution in [0, 0.1) is 58.2 Å². The molecule has 5 fully saturated rings. The Morgan fingerprint density at radius 1 is 0.944 bits per heavy atom. The zero-order valence-electron chi connectivity index (χ0n) is 23.5. The third kappa shape index (κ3) is 4.10. The molecule has 36 heavy (non-hydrogen) atoms. The number of fused-ring (bicyclic) bond motifs is 5. The third-order valence-electron chi connectivity index (χ3n) is 12.2. The Bertz CT molecular complexity index is 837. The predicted molar refractivity (Wildman–Crippen MR) is 139 cm³/mol. The highest BCUT2D eigenvalue weighted by Crippen LogP contribution is 2.66. The molecule has 0 aromatic carbocycles. The minimum absolute atomic E-state index is 0.111. The largest absolute Gasteiger partial charge is 0.465 e. The lowest BCUT2D eigenvalue weighted by molar-refractivity contribution is -0.162. The first kappa shape index (κ1) is 27.0. The van der Waals surface area contributed by atoms with Gasteiger partial charge in [0.2, 0.25) is 0 Å². The van der Waals surface area contributed by atoms with E-state index < -0.39 is 12.2 Å². The van der Waals surface area contributed by atoms with Gasteiger partial charge in [0.25, 0.3) is 0 Å². The molecule has 2 aliphatic heterocycles. The number of aliphatic hydroxyl groups is 2. The number of cyclic esters (lactones) is 1. The minimum Gasteiger partial charge on any atom is -0.465 e. The van der Waals surface area contributed by atoms with E-state index in [4.69, 9.17) is 14.0 Å². The van der Waals surface area contributed by atoms with Crippen LogP contribution < -0.4 is 0 Å². The van der Waals surface area contributed by atoms with Crippen LogP contribution in [-0.4, -0.2) is 54.3 Å². The van der Waals surface area contributed by atoms with Crippen LogP contribution in [0.25, 0.3) is 0 Å². The summed E-state index contributed by atoms with van der Waals surface area (Å²) in [5.41, 5.74) is -0.144. The number of carbonyl (C=O) groups excluding carboxylic acids is 1. The number of esters is 1. The molecule has 204 valence electrons. The van der Waals surface area contributed by atoms with Crippen LogP contribution in [0.2, 0.25) is 6.82 Å². The molecule has 0 aromatic heterocycles. The second kappa shape index (κ2) is 9.53. The average molecular weight is 505 g/mol. The number of ether oxygens (including phenoxy) is 1. The van der Waals surface area contributed by atoms with E-state index in [1.54, 1.807) is 0 Å². The van der Waals surface area contributed by atoms with Gasteiger partial charge in [-0.15, -0.1) is 0 Å². The molecule has 0 spiro atoms. The van der Waals surface area contributed by atoms with Gasteiger partial charge < -0.3 is 24.3 Å². The topological polar surface area (TPSA) is 85.2 Å². The third-order valence-corrected chi connectivity index (χ3v) is 12.2. The fourth-order valence-electron chi connectivity index (χ4n) is 9.78. The Labute approximate surface area is 218 Å². The highest BCUT2D eigenvalue weighted by Gasteiger charge is 2.63. The quantitative estimate of drug-likeness (QED) is 0.431. The fourth-order valence-corrected chi connectivity index (χ4v) is 9.78. The van der Waals surface area contributed by atoms with Crippen molar-refractivity contribution in [2.45, 2.75) is 111 Å². The molecule has 0 radical (unpaired) electrons. The van der Waals surface area contributed by atoms with Gasteiger partial charge in [0.15, 0.2) is 0 Å². The number of aliphatic hydroxyl groups excluding tert-OH is 2. The van der Waals surface area contributed by atoms with Crippen LogP contribution >= 0.6 is 0 Å². The number of carbonyl (C=O) groups is 1. The van der Waals surface area contributed by atoms with E-state index in [1.165, 1.54) is 6.42 Å². The molecule has 3 saturated carbocycles. The van der Waals surface area contributed by atoms with Crippen molar-refractivity contribution >= 4 is 13.1 Å². The van der Waals surface area contributed by atoms with Crippen LogP contribution in [0.5, 0.6) is 0 Å². The maximum Gasteiger partial charge on any atom is 0.454 e. The molecule has 6 nitrogen and oxygen atoms in total. The fraction of sp³-hybridized carbons (Fsp3) is 0.966. The Morgan fingerprint density at radius 3 is 2.31 bits per heavy atom. The molecule has 3 aliphatic carbocycles. The first-order valence-corrected chi connectivity index (χ1v) is 14.7. The van der Waals surface area contributed by atoms with E-state index in [1.807, 2.05) is 6.82 Å². The summed E-state index contributed by atoms with van der Waals surface area (Å²) in [6.45, 7) is 16.4. The molecule has 2 N–H and O–H groups in total. The zero-order chi connectivity index (χ0) is 26.2. The summed E-state index contributed by atoms with van der Waals surface area (Å²) in [6.07, 6.45) is 3.96. The number of rotatable bonds is 4. The Hall–Kier alpha value is -0.625. The Kier molecular flexibility index (Phi) is 7.14. The molecule has 2 saturated heterocycles. The Morgan fingerprint density at radius 2 is 1.61 bits per heavy atom. The summed E-state index contributed by atoms with van der Waals surface area (Å²) >= 11 is 0. The zero-order valence-corrected chi connectivity index (χ0v) is 23.5. The second-order valence-corrected chi connectivity index (χ2v) is 14.1. The van der Waals surface area contributed by atoms with E-state index in [0.717, 1.165) is 19.3 Å². The van der Waals surface area contributed by atoms with Crippen molar-refractivity contribution < 1.29 is 29.1 Å². The lowest BCUT2D eigenvalue weighted by atomic mass is 9.48.